The number of carbonyl (C=O) groups is 5. The van der Waals surface area contributed by atoms with Crippen LogP contribution in [0.4, 0.5) is 5.69 Å². The highest BCUT2D eigenvalue weighted by Gasteiger charge is 2.39. The highest BCUT2D eigenvalue weighted by molar-refractivity contribution is 6.35. The lowest BCUT2D eigenvalue weighted by molar-refractivity contribution is 0.0692. The number of amides is 4. The molecule has 0 saturated carbocycles. The number of hydrogen-bond acceptors (Lipinski definition) is 7. The predicted molar refractivity (Wildman–Crippen MR) is 261 cm³/mol. The summed E-state index contributed by atoms with van der Waals surface area (Å²) in [6.45, 7) is 2.60. The van der Waals surface area contributed by atoms with Gasteiger partial charge in [-0.05, 0) is 88.3 Å². The Balaban J connectivity index is 0.990. The van der Waals surface area contributed by atoms with Crippen molar-refractivity contribution in [1.82, 2.24) is 4.90 Å². The number of aryl methyl sites for hydroxylation is 1. The summed E-state index contributed by atoms with van der Waals surface area (Å²) >= 11 is 0. The molecule has 9 heteroatoms. The second kappa shape index (κ2) is 18.3. The zero-order valence-electron chi connectivity index (χ0n) is 37.3. The van der Waals surface area contributed by atoms with Crippen LogP contribution in [0.3, 0.4) is 0 Å². The third kappa shape index (κ3) is 8.15. The number of benzene rings is 8. The number of ketones is 1. The SMILES string of the molecule is Cc1ccc(-c2ccc(N3C(=O)c4ccc(C(=O)c5ccc6c(c5)C(=O)N(C)C6=O)cc4C3=O)c(OCC(c3ccccc3)c3ccccc3)c2)cc1OCC(c1ccccc1)c1ccccc1. The van der Waals surface area contributed by atoms with E-state index in [0.717, 1.165) is 54.5 Å². The van der Waals surface area contributed by atoms with Gasteiger partial charge in [-0.2, -0.15) is 0 Å². The first-order chi connectivity index (χ1) is 33.1. The van der Waals surface area contributed by atoms with Gasteiger partial charge in [0.05, 0.1) is 41.2 Å². The molecule has 0 saturated heterocycles. The van der Waals surface area contributed by atoms with Gasteiger partial charge in [-0.3, -0.25) is 28.9 Å². The molecule has 0 aliphatic carbocycles. The van der Waals surface area contributed by atoms with Crippen molar-refractivity contribution in [1.29, 1.82) is 0 Å². The van der Waals surface area contributed by atoms with Gasteiger partial charge in [-0.15, -0.1) is 0 Å². The van der Waals surface area contributed by atoms with Crippen molar-refractivity contribution in [3.63, 3.8) is 0 Å². The number of ether oxygens (including phenoxy) is 2. The fourth-order valence-corrected chi connectivity index (χ4v) is 9.06. The fraction of sp³-hybridized carbons (Fsp3) is 0.102. The maximum Gasteiger partial charge on any atom is 0.266 e. The molecule has 0 N–H and O–H groups in total. The van der Waals surface area contributed by atoms with Crippen molar-refractivity contribution in [2.45, 2.75) is 18.8 Å². The van der Waals surface area contributed by atoms with Gasteiger partial charge >= 0.3 is 0 Å². The van der Waals surface area contributed by atoms with Crippen molar-refractivity contribution in [3.05, 3.63) is 255 Å². The van der Waals surface area contributed by atoms with E-state index >= 15 is 0 Å². The van der Waals surface area contributed by atoms with E-state index in [-0.39, 0.29) is 57.5 Å². The number of anilines is 1. The maximum absolute atomic E-state index is 14.5. The second-order valence-corrected chi connectivity index (χ2v) is 17.0. The highest BCUT2D eigenvalue weighted by Crippen LogP contribution is 2.41. The molecule has 0 radical (unpaired) electrons. The summed E-state index contributed by atoms with van der Waals surface area (Å²) in [6, 6.07) is 60.9. The van der Waals surface area contributed by atoms with Gasteiger partial charge in [-0.1, -0.05) is 152 Å². The van der Waals surface area contributed by atoms with Crippen molar-refractivity contribution < 1.29 is 33.4 Å². The van der Waals surface area contributed by atoms with E-state index in [4.69, 9.17) is 9.47 Å². The first kappa shape index (κ1) is 43.2. The molecule has 332 valence electrons. The second-order valence-electron chi connectivity index (χ2n) is 17.0. The van der Waals surface area contributed by atoms with Crippen LogP contribution in [0, 0.1) is 6.92 Å². The largest absolute Gasteiger partial charge is 0.492 e. The van der Waals surface area contributed by atoms with E-state index < -0.39 is 29.4 Å². The minimum absolute atomic E-state index is 0.00495. The van der Waals surface area contributed by atoms with Crippen molar-refractivity contribution >= 4 is 35.1 Å². The average molecular weight is 893 g/mol. The number of rotatable bonds is 14. The number of nitrogens with zero attached hydrogens (tertiary/aromatic N) is 2. The fourth-order valence-electron chi connectivity index (χ4n) is 9.06. The first-order valence-corrected chi connectivity index (χ1v) is 22.4. The molecule has 0 unspecified atom stereocenters. The Hall–Kier alpha value is -8.69. The Morgan fingerprint density at radius 3 is 1.34 bits per heavy atom. The molecular weight excluding hydrogens is 849 g/mol. The Morgan fingerprint density at radius 1 is 0.441 bits per heavy atom. The van der Waals surface area contributed by atoms with Gasteiger partial charge < -0.3 is 9.47 Å². The van der Waals surface area contributed by atoms with Crippen LogP contribution in [0.1, 0.15) is 97.0 Å². The quantitative estimate of drug-likeness (QED) is 0.0790. The Labute approximate surface area is 393 Å². The van der Waals surface area contributed by atoms with Crippen LogP contribution < -0.4 is 14.4 Å². The lowest BCUT2D eigenvalue weighted by atomic mass is 9.92. The summed E-state index contributed by atoms with van der Waals surface area (Å²) in [5.74, 6) is -1.76. The minimum atomic E-state index is -0.617. The molecule has 0 atom stereocenters. The van der Waals surface area contributed by atoms with Crippen molar-refractivity contribution in [2.75, 3.05) is 25.2 Å². The predicted octanol–water partition coefficient (Wildman–Crippen LogP) is 11.3. The molecule has 8 aromatic carbocycles. The standard InChI is InChI=1S/C59H44N2O7/c1-37-23-24-42(33-53(37)67-35-50(38-15-7-3-8-16-38)39-17-9-4-10-18-39)43-27-30-52(54(34-43)68-36-51(40-19-11-5-12-20-40)41-21-13-6-14-22-41)61-58(65)47-29-26-45(32-49(47)59(61)66)55(62)44-25-28-46-48(31-44)57(64)60(2)56(46)63/h3-34,50-51H,35-36H2,1-2H3. The molecule has 2 aliphatic rings. The Morgan fingerprint density at radius 2 is 0.838 bits per heavy atom. The molecule has 0 fully saturated rings. The molecule has 68 heavy (non-hydrogen) atoms. The van der Waals surface area contributed by atoms with E-state index in [1.54, 1.807) is 6.07 Å². The van der Waals surface area contributed by atoms with Gasteiger partial charge in [-0.25, -0.2) is 4.90 Å². The molecule has 0 aromatic heterocycles. The van der Waals surface area contributed by atoms with Crippen LogP contribution in [-0.2, 0) is 0 Å². The van der Waals surface area contributed by atoms with Crippen LogP contribution in [0.2, 0.25) is 0 Å². The topological polar surface area (TPSA) is 110 Å². The first-order valence-electron chi connectivity index (χ1n) is 22.4. The van der Waals surface area contributed by atoms with E-state index in [0.29, 0.717) is 12.4 Å². The van der Waals surface area contributed by atoms with E-state index in [1.165, 1.54) is 43.4 Å². The van der Waals surface area contributed by atoms with Gasteiger partial charge in [0.1, 0.15) is 11.5 Å². The number of fused-ring (bicyclic) bond motifs is 2. The van der Waals surface area contributed by atoms with E-state index in [9.17, 15) is 24.0 Å². The minimum Gasteiger partial charge on any atom is -0.492 e. The molecule has 8 aromatic rings. The molecule has 9 nitrogen and oxygen atoms in total. The third-order valence-corrected chi connectivity index (χ3v) is 12.8. The van der Waals surface area contributed by atoms with Gasteiger partial charge in [0.25, 0.3) is 23.6 Å². The summed E-state index contributed by atoms with van der Waals surface area (Å²) in [5.41, 5.74) is 8.04. The molecule has 2 aliphatic heterocycles. The monoisotopic (exact) mass is 892 g/mol. The van der Waals surface area contributed by atoms with Crippen LogP contribution in [-0.4, -0.2) is 54.6 Å². The zero-order valence-corrected chi connectivity index (χ0v) is 37.3. The molecular formula is C59H44N2O7. The molecule has 4 amide bonds. The number of carbonyl (C=O) groups excluding carboxylic acids is 5. The summed E-state index contributed by atoms with van der Waals surface area (Å²) in [4.78, 5) is 70.1. The summed E-state index contributed by atoms with van der Waals surface area (Å²) in [6.07, 6.45) is 0. The van der Waals surface area contributed by atoms with Crippen LogP contribution in [0.5, 0.6) is 11.5 Å². The lowest BCUT2D eigenvalue weighted by Gasteiger charge is -2.23. The zero-order chi connectivity index (χ0) is 46.9. The smallest absolute Gasteiger partial charge is 0.266 e. The molecule has 0 bridgehead atoms. The van der Waals surface area contributed by atoms with Crippen LogP contribution in [0.25, 0.3) is 11.1 Å². The summed E-state index contributed by atoms with van der Waals surface area (Å²) in [5, 5.41) is 0. The van der Waals surface area contributed by atoms with Gasteiger partial charge in [0.2, 0.25) is 0 Å². The molecule has 10 rings (SSSR count). The van der Waals surface area contributed by atoms with E-state index in [2.05, 4.69) is 24.3 Å². The summed E-state index contributed by atoms with van der Waals surface area (Å²) in [7, 11) is 1.39. The number of imide groups is 2. The van der Waals surface area contributed by atoms with Crippen molar-refractivity contribution in [3.8, 4) is 22.6 Å². The average Bonchev–Trinajstić information content (AvgIpc) is 3.76. The normalized spacial score (nSPS) is 13.1. The van der Waals surface area contributed by atoms with Crippen LogP contribution in [0.15, 0.2) is 194 Å². The van der Waals surface area contributed by atoms with Gasteiger partial charge in [0, 0.05) is 30.0 Å². The third-order valence-electron chi connectivity index (χ3n) is 12.8. The summed E-state index contributed by atoms with van der Waals surface area (Å²) < 4.78 is 13.5. The molecule has 2 heterocycles. The Bertz CT molecular complexity index is 3180. The van der Waals surface area contributed by atoms with E-state index in [1.807, 2.05) is 134 Å². The van der Waals surface area contributed by atoms with Gasteiger partial charge in [0.15, 0.2) is 5.78 Å². The maximum atomic E-state index is 14.5. The van der Waals surface area contributed by atoms with Crippen LogP contribution >= 0.6 is 0 Å². The van der Waals surface area contributed by atoms with Crippen molar-refractivity contribution in [2.24, 2.45) is 0 Å². The Kier molecular flexibility index (Phi) is 11.6. The number of hydrogen-bond donors (Lipinski definition) is 0. The highest BCUT2D eigenvalue weighted by atomic mass is 16.5. The lowest BCUT2D eigenvalue weighted by Crippen LogP contribution is -2.30. The molecule has 0 spiro atoms.